The zero-order valence-corrected chi connectivity index (χ0v) is 9.52. The average Bonchev–Trinajstić information content (AvgIpc) is 2.30. The lowest BCUT2D eigenvalue weighted by Gasteiger charge is -2.33. The molecule has 4 heteroatoms. The van der Waals surface area contributed by atoms with Crippen LogP contribution in [0.4, 0.5) is 5.82 Å². The number of amides is 1. The second-order valence-electron chi connectivity index (χ2n) is 4.32. The molecule has 1 aromatic heterocycles. The molecule has 2 N–H and O–H groups in total. The number of nitrogen functional groups attached to an aromatic ring is 1. The SMILES string of the molecule is C[C@@H]1CCCCN1C(=O)c1ccc(N)nc1. The van der Waals surface area contributed by atoms with Gasteiger partial charge >= 0.3 is 0 Å². The van der Waals surface area contributed by atoms with Gasteiger partial charge < -0.3 is 10.6 Å². The highest BCUT2D eigenvalue weighted by molar-refractivity contribution is 5.94. The van der Waals surface area contributed by atoms with Crippen LogP contribution in [0.5, 0.6) is 0 Å². The van der Waals surface area contributed by atoms with E-state index in [1.807, 2.05) is 4.90 Å². The predicted molar refractivity (Wildman–Crippen MR) is 63.0 cm³/mol. The summed E-state index contributed by atoms with van der Waals surface area (Å²) in [5.41, 5.74) is 6.12. The fourth-order valence-electron chi connectivity index (χ4n) is 2.10. The molecule has 0 saturated carbocycles. The topological polar surface area (TPSA) is 59.2 Å². The smallest absolute Gasteiger partial charge is 0.255 e. The van der Waals surface area contributed by atoms with E-state index < -0.39 is 0 Å². The van der Waals surface area contributed by atoms with Crippen LogP contribution in [-0.2, 0) is 0 Å². The van der Waals surface area contributed by atoms with Gasteiger partial charge in [-0.1, -0.05) is 0 Å². The first-order valence-corrected chi connectivity index (χ1v) is 5.71. The molecule has 1 saturated heterocycles. The molecule has 0 bridgehead atoms. The third-order valence-corrected chi connectivity index (χ3v) is 3.10. The number of anilines is 1. The Labute approximate surface area is 95.5 Å². The molecule has 1 fully saturated rings. The van der Waals surface area contributed by atoms with Gasteiger partial charge in [-0.05, 0) is 38.3 Å². The molecule has 1 aliphatic heterocycles. The third-order valence-electron chi connectivity index (χ3n) is 3.10. The number of piperidine rings is 1. The van der Waals surface area contributed by atoms with E-state index in [1.165, 1.54) is 6.42 Å². The van der Waals surface area contributed by atoms with Gasteiger partial charge in [0.1, 0.15) is 5.82 Å². The van der Waals surface area contributed by atoms with E-state index in [1.54, 1.807) is 18.3 Å². The standard InChI is InChI=1S/C12H17N3O/c1-9-4-2-3-7-15(9)12(16)10-5-6-11(13)14-8-10/h5-6,8-9H,2-4,7H2,1H3,(H2,13,14)/t9-/m1/s1. The number of carbonyl (C=O) groups excluding carboxylic acids is 1. The van der Waals surface area contributed by atoms with Gasteiger partial charge in [0.05, 0.1) is 5.56 Å². The molecule has 0 aromatic carbocycles. The first kappa shape index (κ1) is 10.9. The molecule has 1 aromatic rings. The van der Waals surface area contributed by atoms with Crippen LogP contribution in [0.15, 0.2) is 18.3 Å². The number of rotatable bonds is 1. The highest BCUT2D eigenvalue weighted by Crippen LogP contribution is 2.19. The quantitative estimate of drug-likeness (QED) is 0.781. The Balaban J connectivity index is 2.14. The van der Waals surface area contributed by atoms with E-state index >= 15 is 0 Å². The van der Waals surface area contributed by atoms with Crippen molar-refractivity contribution in [3.63, 3.8) is 0 Å². The molecule has 2 rings (SSSR count). The maximum atomic E-state index is 12.2. The lowest BCUT2D eigenvalue weighted by atomic mass is 10.0. The molecule has 2 heterocycles. The van der Waals surface area contributed by atoms with Crippen molar-refractivity contribution < 1.29 is 4.79 Å². The Hall–Kier alpha value is -1.58. The van der Waals surface area contributed by atoms with Crippen molar-refractivity contribution in [2.45, 2.75) is 32.2 Å². The van der Waals surface area contributed by atoms with Crippen LogP contribution in [0.3, 0.4) is 0 Å². The lowest BCUT2D eigenvalue weighted by molar-refractivity contribution is 0.0635. The fraction of sp³-hybridized carbons (Fsp3) is 0.500. The zero-order valence-electron chi connectivity index (χ0n) is 9.52. The summed E-state index contributed by atoms with van der Waals surface area (Å²) in [7, 11) is 0. The van der Waals surface area contributed by atoms with Crippen molar-refractivity contribution in [1.82, 2.24) is 9.88 Å². The molecule has 16 heavy (non-hydrogen) atoms. The van der Waals surface area contributed by atoms with Crippen molar-refractivity contribution in [2.24, 2.45) is 0 Å². The second kappa shape index (κ2) is 4.51. The van der Waals surface area contributed by atoms with Gasteiger partial charge in [-0.3, -0.25) is 4.79 Å². The molecular weight excluding hydrogens is 202 g/mol. The normalized spacial score (nSPS) is 20.8. The summed E-state index contributed by atoms with van der Waals surface area (Å²) in [6.07, 6.45) is 4.95. The van der Waals surface area contributed by atoms with Crippen molar-refractivity contribution in [3.8, 4) is 0 Å². The molecular formula is C12H17N3O. The Morgan fingerprint density at radius 1 is 1.50 bits per heavy atom. The van der Waals surface area contributed by atoms with Crippen molar-refractivity contribution >= 4 is 11.7 Å². The number of pyridine rings is 1. The molecule has 0 aliphatic carbocycles. The van der Waals surface area contributed by atoms with Crippen LogP contribution >= 0.6 is 0 Å². The summed E-state index contributed by atoms with van der Waals surface area (Å²) in [6, 6.07) is 3.74. The number of hydrogen-bond donors (Lipinski definition) is 1. The van der Waals surface area contributed by atoms with Crippen LogP contribution in [0.25, 0.3) is 0 Å². The molecule has 0 unspecified atom stereocenters. The Morgan fingerprint density at radius 3 is 2.94 bits per heavy atom. The highest BCUT2D eigenvalue weighted by atomic mass is 16.2. The molecule has 1 aliphatic rings. The van der Waals surface area contributed by atoms with Gasteiger partial charge in [0.25, 0.3) is 5.91 Å². The Morgan fingerprint density at radius 2 is 2.31 bits per heavy atom. The molecule has 1 amide bonds. The summed E-state index contributed by atoms with van der Waals surface area (Å²) in [5, 5.41) is 0. The van der Waals surface area contributed by atoms with Crippen LogP contribution in [0.2, 0.25) is 0 Å². The van der Waals surface area contributed by atoms with Crippen molar-refractivity contribution in [3.05, 3.63) is 23.9 Å². The van der Waals surface area contributed by atoms with Gasteiger partial charge in [0.15, 0.2) is 0 Å². The molecule has 0 radical (unpaired) electrons. The van der Waals surface area contributed by atoms with Crippen LogP contribution in [0, 0.1) is 0 Å². The molecule has 4 nitrogen and oxygen atoms in total. The maximum absolute atomic E-state index is 12.2. The molecule has 86 valence electrons. The van der Waals surface area contributed by atoms with E-state index in [2.05, 4.69) is 11.9 Å². The molecule has 0 spiro atoms. The number of nitrogens with two attached hydrogens (primary N) is 1. The largest absolute Gasteiger partial charge is 0.384 e. The predicted octanol–water partition coefficient (Wildman–Crippen LogP) is 1.68. The lowest BCUT2D eigenvalue weighted by Crippen LogP contribution is -2.42. The van der Waals surface area contributed by atoms with Gasteiger partial charge in [-0.25, -0.2) is 4.98 Å². The van der Waals surface area contributed by atoms with E-state index in [9.17, 15) is 4.79 Å². The second-order valence-corrected chi connectivity index (χ2v) is 4.32. The maximum Gasteiger partial charge on any atom is 0.255 e. The third kappa shape index (κ3) is 2.15. The monoisotopic (exact) mass is 219 g/mol. The number of aromatic nitrogens is 1. The van der Waals surface area contributed by atoms with E-state index in [4.69, 9.17) is 5.73 Å². The average molecular weight is 219 g/mol. The minimum Gasteiger partial charge on any atom is -0.384 e. The summed E-state index contributed by atoms with van der Waals surface area (Å²) in [4.78, 5) is 18.0. The first-order valence-electron chi connectivity index (χ1n) is 5.71. The van der Waals surface area contributed by atoms with Gasteiger partial charge in [-0.2, -0.15) is 0 Å². The van der Waals surface area contributed by atoms with Crippen molar-refractivity contribution in [1.29, 1.82) is 0 Å². The van der Waals surface area contributed by atoms with Gasteiger partial charge in [0, 0.05) is 18.8 Å². The van der Waals surface area contributed by atoms with Crippen LogP contribution in [0.1, 0.15) is 36.5 Å². The summed E-state index contributed by atoms with van der Waals surface area (Å²) >= 11 is 0. The Kier molecular flexibility index (Phi) is 3.08. The Bertz CT molecular complexity index is 374. The van der Waals surface area contributed by atoms with Crippen LogP contribution in [-0.4, -0.2) is 28.4 Å². The number of hydrogen-bond acceptors (Lipinski definition) is 3. The van der Waals surface area contributed by atoms with Crippen molar-refractivity contribution in [2.75, 3.05) is 12.3 Å². The van der Waals surface area contributed by atoms with E-state index in [0.717, 1.165) is 19.4 Å². The minimum absolute atomic E-state index is 0.0692. The highest BCUT2D eigenvalue weighted by Gasteiger charge is 2.24. The number of likely N-dealkylation sites (tertiary alicyclic amines) is 1. The minimum atomic E-state index is 0.0692. The number of carbonyl (C=O) groups is 1. The van der Waals surface area contributed by atoms with E-state index in [0.29, 0.717) is 17.4 Å². The van der Waals surface area contributed by atoms with Gasteiger partial charge in [0.2, 0.25) is 0 Å². The summed E-state index contributed by atoms with van der Waals surface area (Å²) in [5.74, 6) is 0.517. The molecule has 1 atom stereocenters. The number of nitrogens with zero attached hydrogens (tertiary/aromatic N) is 2. The summed E-state index contributed by atoms with van der Waals surface area (Å²) in [6.45, 7) is 2.95. The van der Waals surface area contributed by atoms with Crippen LogP contribution < -0.4 is 5.73 Å². The fourth-order valence-corrected chi connectivity index (χ4v) is 2.10. The van der Waals surface area contributed by atoms with E-state index in [-0.39, 0.29) is 5.91 Å². The van der Waals surface area contributed by atoms with Gasteiger partial charge in [-0.15, -0.1) is 0 Å². The summed E-state index contributed by atoms with van der Waals surface area (Å²) < 4.78 is 0. The first-order chi connectivity index (χ1) is 7.68. The zero-order chi connectivity index (χ0) is 11.5.